The van der Waals surface area contributed by atoms with Gasteiger partial charge in [-0.15, -0.1) is 0 Å². The molecule has 0 atom stereocenters. The fourth-order valence-corrected chi connectivity index (χ4v) is 2.61. The highest BCUT2D eigenvalue weighted by Crippen LogP contribution is 2.29. The highest BCUT2D eigenvalue weighted by Gasteiger charge is 2.23. The van der Waals surface area contributed by atoms with E-state index in [0.29, 0.717) is 12.1 Å². The Morgan fingerprint density at radius 1 is 0.600 bits per heavy atom. The van der Waals surface area contributed by atoms with Crippen LogP contribution in [0.2, 0.25) is 0 Å². The molecule has 0 N–H and O–H groups in total. The van der Waals surface area contributed by atoms with E-state index in [0.717, 1.165) is 0 Å². The lowest BCUT2D eigenvalue weighted by Gasteiger charge is -2.42. The molecule has 2 aromatic carbocycles. The van der Waals surface area contributed by atoms with Crippen molar-refractivity contribution in [1.82, 2.24) is 5.01 Å². The summed E-state index contributed by atoms with van der Waals surface area (Å²) in [6, 6.07) is 21.9. The average molecular weight is 268 g/mol. The summed E-state index contributed by atoms with van der Waals surface area (Å²) >= 11 is 0. The lowest BCUT2D eigenvalue weighted by molar-refractivity contribution is 0.176. The standard InChI is InChI=1S/C18H24N2/c1-15(2)19(16(3)4)20(17-11-7-5-8-12-17)18-13-9-6-10-14-18/h5-16H,1-4H3. The van der Waals surface area contributed by atoms with Gasteiger partial charge >= 0.3 is 0 Å². The lowest BCUT2D eigenvalue weighted by Crippen LogP contribution is -2.48. The molecule has 20 heavy (non-hydrogen) atoms. The van der Waals surface area contributed by atoms with Gasteiger partial charge in [0.1, 0.15) is 0 Å². The summed E-state index contributed by atoms with van der Waals surface area (Å²) in [4.78, 5) is 0. The number of hydrogen-bond acceptors (Lipinski definition) is 2. The Hall–Kier alpha value is -1.80. The minimum absolute atomic E-state index is 0.426. The molecule has 106 valence electrons. The summed E-state index contributed by atoms with van der Waals surface area (Å²) in [5.74, 6) is 0. The number of nitrogens with zero attached hydrogens (tertiary/aromatic N) is 2. The normalized spacial score (nSPS) is 11.3. The van der Waals surface area contributed by atoms with E-state index in [-0.39, 0.29) is 0 Å². The maximum atomic E-state index is 2.41. The van der Waals surface area contributed by atoms with Gasteiger partial charge in [0.25, 0.3) is 0 Å². The first-order valence-electron chi connectivity index (χ1n) is 7.29. The third-order valence-electron chi connectivity index (χ3n) is 3.29. The first-order chi connectivity index (χ1) is 9.61. The van der Waals surface area contributed by atoms with Crippen molar-refractivity contribution in [3.63, 3.8) is 0 Å². The summed E-state index contributed by atoms with van der Waals surface area (Å²) in [6.07, 6.45) is 0. The first-order valence-corrected chi connectivity index (χ1v) is 7.29. The summed E-state index contributed by atoms with van der Waals surface area (Å²) in [5.41, 5.74) is 2.39. The molecule has 0 heterocycles. The van der Waals surface area contributed by atoms with Crippen LogP contribution < -0.4 is 5.01 Å². The Balaban J connectivity index is 2.49. The van der Waals surface area contributed by atoms with Crippen molar-refractivity contribution >= 4 is 11.4 Å². The Bertz CT molecular complexity index is 458. The van der Waals surface area contributed by atoms with E-state index in [1.165, 1.54) is 11.4 Å². The zero-order valence-electron chi connectivity index (χ0n) is 12.8. The van der Waals surface area contributed by atoms with Crippen LogP contribution in [-0.2, 0) is 0 Å². The molecule has 0 saturated heterocycles. The Morgan fingerprint density at radius 2 is 0.950 bits per heavy atom. The molecule has 0 unspecified atom stereocenters. The molecule has 0 spiro atoms. The van der Waals surface area contributed by atoms with Crippen molar-refractivity contribution in [2.75, 3.05) is 5.01 Å². The van der Waals surface area contributed by atoms with Crippen LogP contribution in [0.4, 0.5) is 11.4 Å². The van der Waals surface area contributed by atoms with Gasteiger partial charge in [-0.1, -0.05) is 36.4 Å². The molecule has 2 aromatic rings. The van der Waals surface area contributed by atoms with Crippen molar-refractivity contribution in [3.05, 3.63) is 60.7 Å². The van der Waals surface area contributed by atoms with Gasteiger partial charge in [-0.3, -0.25) is 5.01 Å². The third kappa shape index (κ3) is 3.20. The molecule has 2 nitrogen and oxygen atoms in total. The van der Waals surface area contributed by atoms with Crippen LogP contribution in [-0.4, -0.2) is 17.1 Å². The number of hydrogen-bond donors (Lipinski definition) is 0. The van der Waals surface area contributed by atoms with Crippen LogP contribution >= 0.6 is 0 Å². The Kier molecular flexibility index (Phi) is 4.80. The fraction of sp³-hybridized carbons (Fsp3) is 0.333. The summed E-state index contributed by atoms with van der Waals surface area (Å²) < 4.78 is 0. The summed E-state index contributed by atoms with van der Waals surface area (Å²) in [6.45, 7) is 8.94. The molecule has 0 amide bonds. The van der Waals surface area contributed by atoms with E-state index >= 15 is 0 Å². The molecule has 0 aliphatic heterocycles. The molecule has 0 radical (unpaired) electrons. The molecule has 2 heteroatoms. The maximum absolute atomic E-state index is 2.41. The van der Waals surface area contributed by atoms with Gasteiger partial charge in [0.15, 0.2) is 0 Å². The predicted octanol–water partition coefficient (Wildman–Crippen LogP) is 4.86. The van der Waals surface area contributed by atoms with Crippen molar-refractivity contribution < 1.29 is 0 Å². The monoisotopic (exact) mass is 268 g/mol. The SMILES string of the molecule is CC(C)N(C(C)C)N(c1ccccc1)c1ccccc1. The minimum Gasteiger partial charge on any atom is -0.274 e. The molecule has 0 aromatic heterocycles. The first kappa shape index (κ1) is 14.6. The number of benzene rings is 2. The van der Waals surface area contributed by atoms with E-state index in [9.17, 15) is 0 Å². The fourth-order valence-electron chi connectivity index (χ4n) is 2.61. The second-order valence-corrected chi connectivity index (χ2v) is 5.55. The lowest BCUT2D eigenvalue weighted by atomic mass is 10.2. The van der Waals surface area contributed by atoms with Gasteiger partial charge in [-0.25, -0.2) is 5.01 Å². The topological polar surface area (TPSA) is 6.48 Å². The molecule has 0 fully saturated rings. The predicted molar refractivity (Wildman–Crippen MR) is 87.1 cm³/mol. The Labute approximate surface area is 122 Å². The van der Waals surface area contributed by atoms with Crippen LogP contribution in [0, 0.1) is 0 Å². The number of rotatable bonds is 5. The van der Waals surface area contributed by atoms with Crippen molar-refractivity contribution in [1.29, 1.82) is 0 Å². The average Bonchev–Trinajstić information content (AvgIpc) is 2.45. The second kappa shape index (κ2) is 6.58. The van der Waals surface area contributed by atoms with Gasteiger partial charge in [-0.2, -0.15) is 0 Å². The van der Waals surface area contributed by atoms with Gasteiger partial charge < -0.3 is 0 Å². The molecule has 2 rings (SSSR count). The van der Waals surface area contributed by atoms with Crippen LogP contribution in [0.15, 0.2) is 60.7 Å². The van der Waals surface area contributed by atoms with Gasteiger partial charge in [0.05, 0.1) is 11.4 Å². The highest BCUT2D eigenvalue weighted by molar-refractivity contribution is 5.61. The molecule has 0 bridgehead atoms. The van der Waals surface area contributed by atoms with E-state index < -0.39 is 0 Å². The number of hydrazine groups is 1. The van der Waals surface area contributed by atoms with E-state index in [2.05, 4.69) is 98.4 Å². The minimum atomic E-state index is 0.426. The van der Waals surface area contributed by atoms with Crippen molar-refractivity contribution in [3.8, 4) is 0 Å². The molecule has 0 aliphatic carbocycles. The molecular formula is C18H24N2. The molecule has 0 aliphatic rings. The number of anilines is 2. The Morgan fingerprint density at radius 3 is 1.25 bits per heavy atom. The second-order valence-electron chi connectivity index (χ2n) is 5.55. The third-order valence-corrected chi connectivity index (χ3v) is 3.29. The van der Waals surface area contributed by atoms with Gasteiger partial charge in [-0.05, 0) is 52.0 Å². The van der Waals surface area contributed by atoms with Crippen LogP contribution in [0.3, 0.4) is 0 Å². The smallest absolute Gasteiger partial charge is 0.0580 e. The van der Waals surface area contributed by atoms with Gasteiger partial charge in [0.2, 0.25) is 0 Å². The van der Waals surface area contributed by atoms with Crippen LogP contribution in [0.5, 0.6) is 0 Å². The molecular weight excluding hydrogens is 244 g/mol. The van der Waals surface area contributed by atoms with Crippen LogP contribution in [0.1, 0.15) is 27.7 Å². The summed E-state index contributed by atoms with van der Waals surface area (Å²) in [7, 11) is 0. The van der Waals surface area contributed by atoms with E-state index in [4.69, 9.17) is 0 Å². The highest BCUT2D eigenvalue weighted by atomic mass is 15.6. The van der Waals surface area contributed by atoms with Crippen molar-refractivity contribution in [2.24, 2.45) is 0 Å². The molecule has 0 saturated carbocycles. The largest absolute Gasteiger partial charge is 0.274 e. The van der Waals surface area contributed by atoms with E-state index in [1.54, 1.807) is 0 Å². The van der Waals surface area contributed by atoms with E-state index in [1.807, 2.05) is 0 Å². The van der Waals surface area contributed by atoms with Gasteiger partial charge in [0, 0.05) is 12.1 Å². The zero-order chi connectivity index (χ0) is 14.5. The quantitative estimate of drug-likeness (QED) is 0.715. The maximum Gasteiger partial charge on any atom is 0.0580 e. The van der Waals surface area contributed by atoms with Crippen molar-refractivity contribution in [2.45, 2.75) is 39.8 Å². The number of para-hydroxylation sites is 2. The van der Waals surface area contributed by atoms with Crippen LogP contribution in [0.25, 0.3) is 0 Å². The zero-order valence-corrected chi connectivity index (χ0v) is 12.8. The summed E-state index contributed by atoms with van der Waals surface area (Å²) in [5, 5.41) is 4.72.